The second-order valence-corrected chi connectivity index (χ2v) is 3.14. The zero-order chi connectivity index (χ0) is 6.69. The Hall–Kier alpha value is -0.0800. The highest BCUT2D eigenvalue weighted by molar-refractivity contribution is 4.69. The van der Waals surface area contributed by atoms with Crippen LogP contribution in [0.25, 0.3) is 0 Å². The van der Waals surface area contributed by atoms with Crippen LogP contribution in [0.2, 0.25) is 0 Å². The third-order valence-corrected chi connectivity index (χ3v) is 2.33. The van der Waals surface area contributed by atoms with Gasteiger partial charge in [0.1, 0.15) is 0 Å². The van der Waals surface area contributed by atoms with E-state index in [1.54, 1.807) is 0 Å². The van der Waals surface area contributed by atoms with Crippen molar-refractivity contribution in [2.45, 2.75) is 45.1 Å². The molecule has 0 saturated heterocycles. The Morgan fingerprint density at radius 1 is 1.20 bits per heavy atom. The number of hydrogen-bond donors (Lipinski definition) is 1. The summed E-state index contributed by atoms with van der Waals surface area (Å²) in [6.45, 7) is 1.91. The molecule has 1 fully saturated rings. The van der Waals surface area contributed by atoms with E-state index in [4.69, 9.17) is 0 Å². The molecule has 1 atom stereocenters. The van der Waals surface area contributed by atoms with Gasteiger partial charge in [-0.25, -0.2) is 0 Å². The van der Waals surface area contributed by atoms with Crippen LogP contribution in [0.5, 0.6) is 0 Å². The van der Waals surface area contributed by atoms with E-state index in [0.29, 0.717) is 5.92 Å². The lowest BCUT2D eigenvalue weighted by molar-refractivity contribution is 0.101. The summed E-state index contributed by atoms with van der Waals surface area (Å²) in [7, 11) is 0. The van der Waals surface area contributed by atoms with Crippen molar-refractivity contribution in [3.63, 3.8) is 0 Å². The molecule has 62 valence electrons. The first-order valence-electron chi connectivity index (χ1n) is 3.99. The summed E-state index contributed by atoms with van der Waals surface area (Å²) in [5, 5.41) is 9.18. The van der Waals surface area contributed by atoms with Crippen LogP contribution >= 0.6 is 0 Å². The van der Waals surface area contributed by atoms with Crippen molar-refractivity contribution >= 4 is 0 Å². The van der Waals surface area contributed by atoms with Gasteiger partial charge < -0.3 is 10.6 Å². The summed E-state index contributed by atoms with van der Waals surface area (Å²) < 4.78 is 0. The first kappa shape index (κ1) is 9.92. The lowest BCUT2D eigenvalue weighted by Gasteiger charge is -2.23. The zero-order valence-corrected chi connectivity index (χ0v) is 6.64. The highest BCUT2D eigenvalue weighted by Crippen LogP contribution is 2.25. The van der Waals surface area contributed by atoms with Crippen molar-refractivity contribution in [3.05, 3.63) is 0 Å². The molecule has 0 aromatic carbocycles. The lowest BCUT2D eigenvalue weighted by atomic mass is 9.86. The van der Waals surface area contributed by atoms with Crippen LogP contribution in [0.15, 0.2) is 0 Å². The second kappa shape index (κ2) is 4.69. The third kappa shape index (κ3) is 2.67. The third-order valence-electron chi connectivity index (χ3n) is 2.33. The van der Waals surface area contributed by atoms with E-state index in [2.05, 4.69) is 0 Å². The van der Waals surface area contributed by atoms with Crippen molar-refractivity contribution in [3.8, 4) is 0 Å². The molecule has 0 aliphatic heterocycles. The van der Waals surface area contributed by atoms with E-state index in [-0.39, 0.29) is 11.6 Å². The largest absolute Gasteiger partial charge is 0.412 e. The van der Waals surface area contributed by atoms with Gasteiger partial charge in [-0.3, -0.25) is 0 Å². The summed E-state index contributed by atoms with van der Waals surface area (Å²) in [5.74, 6) is 0.610. The molecular formula is C8H18O2. The van der Waals surface area contributed by atoms with E-state index < -0.39 is 0 Å². The summed E-state index contributed by atoms with van der Waals surface area (Å²) >= 11 is 0. The Bertz CT molecular complexity index is 75.3. The Labute approximate surface area is 62.6 Å². The summed E-state index contributed by atoms with van der Waals surface area (Å²) in [6, 6.07) is 0. The highest BCUT2D eigenvalue weighted by Gasteiger charge is 2.17. The van der Waals surface area contributed by atoms with E-state index in [9.17, 15) is 5.11 Å². The molecule has 1 rings (SSSR count). The molecule has 0 radical (unpaired) electrons. The first-order chi connectivity index (χ1) is 4.30. The molecule has 0 heterocycles. The molecule has 1 unspecified atom stereocenters. The molecule has 0 aromatic rings. The number of aliphatic hydroxyl groups is 1. The fourth-order valence-electron chi connectivity index (χ4n) is 1.62. The normalized spacial score (nSPS) is 23.4. The fraction of sp³-hybridized carbons (Fsp3) is 1.00. The molecule has 1 aliphatic carbocycles. The molecule has 2 heteroatoms. The monoisotopic (exact) mass is 146 g/mol. The fourth-order valence-corrected chi connectivity index (χ4v) is 1.62. The predicted octanol–water partition coefficient (Wildman–Crippen LogP) is 1.12. The van der Waals surface area contributed by atoms with Crippen LogP contribution in [0.4, 0.5) is 0 Å². The molecule has 0 amide bonds. The molecular weight excluding hydrogens is 128 g/mol. The smallest absolute Gasteiger partial charge is 0.0540 e. The van der Waals surface area contributed by atoms with Gasteiger partial charge in [-0.15, -0.1) is 0 Å². The van der Waals surface area contributed by atoms with E-state index in [1.807, 2.05) is 6.92 Å². The molecule has 1 aliphatic rings. The van der Waals surface area contributed by atoms with Gasteiger partial charge in [-0.05, 0) is 25.7 Å². The van der Waals surface area contributed by atoms with Crippen LogP contribution in [0.1, 0.15) is 39.0 Å². The first-order valence-corrected chi connectivity index (χ1v) is 3.99. The van der Waals surface area contributed by atoms with Gasteiger partial charge in [-0.1, -0.05) is 19.3 Å². The van der Waals surface area contributed by atoms with Gasteiger partial charge in [-0.2, -0.15) is 0 Å². The van der Waals surface area contributed by atoms with Crippen molar-refractivity contribution < 1.29 is 10.6 Å². The average Bonchev–Trinajstić information content (AvgIpc) is 1.90. The molecule has 1 saturated carbocycles. The zero-order valence-electron chi connectivity index (χ0n) is 6.64. The van der Waals surface area contributed by atoms with Gasteiger partial charge >= 0.3 is 0 Å². The van der Waals surface area contributed by atoms with Crippen LogP contribution in [0.3, 0.4) is 0 Å². The molecule has 0 spiro atoms. The van der Waals surface area contributed by atoms with Crippen LogP contribution in [-0.2, 0) is 0 Å². The predicted molar refractivity (Wildman–Crippen MR) is 41.9 cm³/mol. The summed E-state index contributed by atoms with van der Waals surface area (Å²) in [5.41, 5.74) is 0. The highest BCUT2D eigenvalue weighted by atomic mass is 16.3. The SMILES string of the molecule is CC(O)C1CCCCC1.O. The second-order valence-electron chi connectivity index (χ2n) is 3.14. The standard InChI is InChI=1S/C8H16O.H2O/c1-7(9)8-5-3-2-4-6-8;/h7-9H,2-6H2,1H3;1H2. The molecule has 3 N–H and O–H groups in total. The van der Waals surface area contributed by atoms with Crippen LogP contribution < -0.4 is 0 Å². The Balaban J connectivity index is 0.000000810. The van der Waals surface area contributed by atoms with Crippen LogP contribution in [0, 0.1) is 5.92 Å². The van der Waals surface area contributed by atoms with Crippen molar-refractivity contribution in [2.24, 2.45) is 5.92 Å². The van der Waals surface area contributed by atoms with Gasteiger partial charge in [0.05, 0.1) is 6.10 Å². The maximum Gasteiger partial charge on any atom is 0.0540 e. The molecule has 2 nitrogen and oxygen atoms in total. The number of aliphatic hydroxyl groups excluding tert-OH is 1. The molecule has 0 bridgehead atoms. The van der Waals surface area contributed by atoms with E-state index >= 15 is 0 Å². The topological polar surface area (TPSA) is 51.7 Å². The lowest BCUT2D eigenvalue weighted by Crippen LogP contribution is -2.19. The summed E-state index contributed by atoms with van der Waals surface area (Å²) in [6.07, 6.45) is 6.47. The average molecular weight is 146 g/mol. The summed E-state index contributed by atoms with van der Waals surface area (Å²) in [4.78, 5) is 0. The van der Waals surface area contributed by atoms with Gasteiger partial charge in [0.15, 0.2) is 0 Å². The number of rotatable bonds is 1. The quantitative estimate of drug-likeness (QED) is 0.592. The van der Waals surface area contributed by atoms with Gasteiger partial charge in [0.2, 0.25) is 0 Å². The molecule has 0 aromatic heterocycles. The Kier molecular flexibility index (Phi) is 4.65. The minimum Gasteiger partial charge on any atom is -0.412 e. The minimum atomic E-state index is -0.0645. The van der Waals surface area contributed by atoms with E-state index in [1.165, 1.54) is 32.1 Å². The maximum atomic E-state index is 9.18. The van der Waals surface area contributed by atoms with Gasteiger partial charge in [0, 0.05) is 0 Å². The van der Waals surface area contributed by atoms with Crippen molar-refractivity contribution in [1.29, 1.82) is 0 Å². The minimum absolute atomic E-state index is 0. The Morgan fingerprint density at radius 2 is 1.70 bits per heavy atom. The number of hydrogen-bond acceptors (Lipinski definition) is 1. The Morgan fingerprint density at radius 3 is 2.00 bits per heavy atom. The van der Waals surface area contributed by atoms with Crippen LogP contribution in [-0.4, -0.2) is 16.7 Å². The molecule has 10 heavy (non-hydrogen) atoms. The van der Waals surface area contributed by atoms with Gasteiger partial charge in [0.25, 0.3) is 0 Å². The van der Waals surface area contributed by atoms with Crippen molar-refractivity contribution in [1.82, 2.24) is 0 Å². The maximum absolute atomic E-state index is 9.18. The van der Waals surface area contributed by atoms with E-state index in [0.717, 1.165) is 0 Å². The van der Waals surface area contributed by atoms with Crippen molar-refractivity contribution in [2.75, 3.05) is 0 Å².